The second kappa shape index (κ2) is 8.08. The van der Waals surface area contributed by atoms with Crippen molar-refractivity contribution in [2.24, 2.45) is 0 Å². The van der Waals surface area contributed by atoms with E-state index in [1.54, 1.807) is 6.07 Å². The normalized spacial score (nSPS) is 15.1. The van der Waals surface area contributed by atoms with Crippen LogP contribution in [0.25, 0.3) is 21.5 Å². The molecule has 1 N–H and O–H groups in total. The highest BCUT2D eigenvalue weighted by atomic mass is 32.1. The fraction of sp³-hybridized carbons (Fsp3) is 0.368. The number of fused-ring (bicyclic) bond motifs is 1. The molecule has 4 rings (SSSR count). The Labute approximate surface area is 160 Å². The van der Waals surface area contributed by atoms with E-state index in [-0.39, 0.29) is 5.97 Å². The number of aromatic nitrogens is 2. The highest BCUT2D eigenvalue weighted by Crippen LogP contribution is 2.34. The fourth-order valence-corrected chi connectivity index (χ4v) is 4.08. The van der Waals surface area contributed by atoms with Crippen molar-refractivity contribution < 1.29 is 19.0 Å². The minimum Gasteiger partial charge on any atom is -0.492 e. The average Bonchev–Trinajstić information content (AvgIpc) is 3.30. The molecule has 1 aliphatic rings. The van der Waals surface area contributed by atoms with Gasteiger partial charge in [-0.1, -0.05) is 0 Å². The van der Waals surface area contributed by atoms with Crippen molar-refractivity contribution in [1.29, 1.82) is 0 Å². The molecule has 3 aromatic rings. The van der Waals surface area contributed by atoms with Crippen molar-refractivity contribution >= 4 is 27.5 Å². The van der Waals surface area contributed by atoms with Crippen LogP contribution in [0.5, 0.6) is 5.75 Å². The van der Waals surface area contributed by atoms with Crippen LogP contribution < -0.4 is 4.74 Å². The molecule has 2 aromatic heterocycles. The predicted octanol–water partition coefficient (Wildman–Crippen LogP) is 2.79. The van der Waals surface area contributed by atoms with E-state index in [4.69, 9.17) is 14.2 Å². The standard InChI is InChI=1S/C19H21N3O4S/c1-24-19(23)16-12-15-18(27-16)17(21-20-15)13-2-4-14(5-3-13)26-11-8-22-6-9-25-10-7-22/h2-5,12H,6-11H2,1H3,(H,20,21). The number of aromatic amines is 1. The van der Waals surface area contributed by atoms with Gasteiger partial charge in [-0.15, -0.1) is 11.3 Å². The molecule has 8 heteroatoms. The zero-order chi connectivity index (χ0) is 18.6. The number of H-pyrrole nitrogens is 1. The van der Waals surface area contributed by atoms with E-state index < -0.39 is 0 Å². The first-order valence-electron chi connectivity index (χ1n) is 8.84. The molecule has 0 saturated carbocycles. The highest BCUT2D eigenvalue weighted by molar-refractivity contribution is 7.21. The molecule has 0 unspecified atom stereocenters. The van der Waals surface area contributed by atoms with Gasteiger partial charge in [-0.3, -0.25) is 10.00 Å². The number of rotatable bonds is 6. The van der Waals surface area contributed by atoms with Gasteiger partial charge in [0.15, 0.2) is 0 Å². The van der Waals surface area contributed by atoms with Gasteiger partial charge in [0.1, 0.15) is 22.9 Å². The zero-order valence-electron chi connectivity index (χ0n) is 15.1. The summed E-state index contributed by atoms with van der Waals surface area (Å²) in [7, 11) is 1.38. The number of benzene rings is 1. The van der Waals surface area contributed by atoms with E-state index in [0.717, 1.165) is 60.1 Å². The van der Waals surface area contributed by atoms with Crippen LogP contribution in [0.2, 0.25) is 0 Å². The first kappa shape index (κ1) is 18.0. The fourth-order valence-electron chi connectivity index (χ4n) is 3.04. The minimum atomic E-state index is -0.334. The minimum absolute atomic E-state index is 0.334. The van der Waals surface area contributed by atoms with Crippen LogP contribution in [0.1, 0.15) is 9.67 Å². The monoisotopic (exact) mass is 387 g/mol. The molecule has 3 heterocycles. The Bertz CT molecular complexity index is 913. The van der Waals surface area contributed by atoms with E-state index >= 15 is 0 Å². The molecule has 0 radical (unpaired) electrons. The molecule has 1 fully saturated rings. The summed E-state index contributed by atoms with van der Waals surface area (Å²) in [5, 5.41) is 7.36. The lowest BCUT2D eigenvalue weighted by molar-refractivity contribution is 0.0322. The van der Waals surface area contributed by atoms with Crippen LogP contribution in [-0.2, 0) is 9.47 Å². The number of carbonyl (C=O) groups excluding carboxylic acids is 1. The van der Waals surface area contributed by atoms with E-state index in [1.165, 1.54) is 18.4 Å². The van der Waals surface area contributed by atoms with Crippen LogP contribution >= 0.6 is 11.3 Å². The van der Waals surface area contributed by atoms with Crippen LogP contribution in [0, 0.1) is 0 Å². The predicted molar refractivity (Wildman–Crippen MR) is 104 cm³/mol. The van der Waals surface area contributed by atoms with Crippen molar-refractivity contribution in [1.82, 2.24) is 15.1 Å². The largest absolute Gasteiger partial charge is 0.492 e. The molecule has 27 heavy (non-hydrogen) atoms. The van der Waals surface area contributed by atoms with E-state index in [0.29, 0.717) is 11.5 Å². The number of hydrogen-bond acceptors (Lipinski definition) is 7. The Morgan fingerprint density at radius 3 is 2.81 bits per heavy atom. The third-order valence-electron chi connectivity index (χ3n) is 4.53. The number of esters is 1. The van der Waals surface area contributed by atoms with Crippen molar-refractivity contribution in [3.05, 3.63) is 35.2 Å². The third-order valence-corrected chi connectivity index (χ3v) is 5.65. The molecule has 0 spiro atoms. The second-order valence-electron chi connectivity index (χ2n) is 6.24. The Hall–Kier alpha value is -2.42. The number of nitrogens with zero attached hydrogens (tertiary/aromatic N) is 2. The number of morpholine rings is 1. The lowest BCUT2D eigenvalue weighted by Crippen LogP contribution is -2.38. The van der Waals surface area contributed by atoms with Crippen LogP contribution in [0.3, 0.4) is 0 Å². The number of carbonyl (C=O) groups is 1. The number of methoxy groups -OCH3 is 1. The summed E-state index contributed by atoms with van der Waals surface area (Å²) >= 11 is 1.38. The maximum atomic E-state index is 11.7. The summed E-state index contributed by atoms with van der Waals surface area (Å²) in [4.78, 5) is 14.6. The van der Waals surface area contributed by atoms with Gasteiger partial charge in [0, 0.05) is 25.2 Å². The molecule has 0 bridgehead atoms. The lowest BCUT2D eigenvalue weighted by atomic mass is 10.1. The zero-order valence-corrected chi connectivity index (χ0v) is 15.9. The van der Waals surface area contributed by atoms with Gasteiger partial charge in [-0.25, -0.2) is 4.79 Å². The molecule has 0 atom stereocenters. The van der Waals surface area contributed by atoms with E-state index in [2.05, 4.69) is 15.1 Å². The second-order valence-corrected chi connectivity index (χ2v) is 7.30. The van der Waals surface area contributed by atoms with Crippen molar-refractivity contribution in [2.45, 2.75) is 0 Å². The summed E-state index contributed by atoms with van der Waals surface area (Å²) < 4.78 is 16.9. The smallest absolute Gasteiger partial charge is 0.348 e. The molecule has 1 saturated heterocycles. The van der Waals surface area contributed by atoms with E-state index in [1.807, 2.05) is 24.3 Å². The molecule has 142 valence electrons. The van der Waals surface area contributed by atoms with E-state index in [9.17, 15) is 4.79 Å². The number of thiophene rings is 1. The summed E-state index contributed by atoms with van der Waals surface area (Å²) in [6, 6.07) is 9.63. The van der Waals surface area contributed by atoms with Crippen LogP contribution in [0.4, 0.5) is 0 Å². The van der Waals surface area contributed by atoms with Gasteiger partial charge >= 0.3 is 5.97 Å². The SMILES string of the molecule is COC(=O)c1cc2[nH]nc(-c3ccc(OCCN4CCOCC4)cc3)c2s1. The summed E-state index contributed by atoms with van der Waals surface area (Å²) in [5.41, 5.74) is 2.63. The third kappa shape index (κ3) is 3.97. The number of hydrogen-bond donors (Lipinski definition) is 1. The van der Waals surface area contributed by atoms with Crippen molar-refractivity contribution in [2.75, 3.05) is 46.6 Å². The Balaban J connectivity index is 1.42. The van der Waals surface area contributed by atoms with Gasteiger partial charge in [0.05, 0.1) is 30.5 Å². The van der Waals surface area contributed by atoms with Crippen LogP contribution in [-0.4, -0.2) is 67.6 Å². The topological polar surface area (TPSA) is 76.7 Å². The number of nitrogens with one attached hydrogen (secondary N) is 1. The van der Waals surface area contributed by atoms with Gasteiger partial charge in [0.25, 0.3) is 0 Å². The lowest BCUT2D eigenvalue weighted by Gasteiger charge is -2.26. The quantitative estimate of drug-likeness (QED) is 0.656. The Kier molecular flexibility index (Phi) is 5.38. The summed E-state index contributed by atoms with van der Waals surface area (Å²) in [6.07, 6.45) is 0. The molecule has 0 aliphatic carbocycles. The van der Waals surface area contributed by atoms with Crippen molar-refractivity contribution in [3.63, 3.8) is 0 Å². The summed E-state index contributed by atoms with van der Waals surface area (Å²) in [5.74, 6) is 0.500. The molecule has 1 aromatic carbocycles. The summed E-state index contributed by atoms with van der Waals surface area (Å²) in [6.45, 7) is 5.08. The molecule has 7 nitrogen and oxygen atoms in total. The first-order valence-corrected chi connectivity index (χ1v) is 9.66. The average molecular weight is 387 g/mol. The molecule has 1 aliphatic heterocycles. The molecule has 0 amide bonds. The molecular formula is C19H21N3O4S. The van der Waals surface area contributed by atoms with Gasteiger partial charge in [-0.05, 0) is 30.3 Å². The number of ether oxygens (including phenoxy) is 3. The molecular weight excluding hydrogens is 366 g/mol. The first-order chi connectivity index (χ1) is 13.2. The Morgan fingerprint density at radius 2 is 2.07 bits per heavy atom. The maximum absolute atomic E-state index is 11.7. The highest BCUT2D eigenvalue weighted by Gasteiger charge is 2.16. The Morgan fingerprint density at radius 1 is 1.30 bits per heavy atom. The van der Waals surface area contributed by atoms with Gasteiger partial charge in [-0.2, -0.15) is 5.10 Å². The van der Waals surface area contributed by atoms with Crippen LogP contribution in [0.15, 0.2) is 30.3 Å². The van der Waals surface area contributed by atoms with Gasteiger partial charge < -0.3 is 14.2 Å². The van der Waals surface area contributed by atoms with Gasteiger partial charge in [0.2, 0.25) is 0 Å². The maximum Gasteiger partial charge on any atom is 0.348 e. The van der Waals surface area contributed by atoms with Crippen molar-refractivity contribution in [3.8, 4) is 17.0 Å².